The summed E-state index contributed by atoms with van der Waals surface area (Å²) < 4.78 is 0. The topological polar surface area (TPSA) is 29.1 Å². The Morgan fingerprint density at radius 1 is 1.20 bits per heavy atom. The number of carbonyl (C=O) groups excluding carboxylic acids is 1. The molecule has 1 N–H and O–H groups in total. The van der Waals surface area contributed by atoms with Crippen LogP contribution in [0, 0.1) is 11.8 Å². The summed E-state index contributed by atoms with van der Waals surface area (Å²) in [6.45, 7) is 0. The zero-order chi connectivity index (χ0) is 6.97. The van der Waals surface area contributed by atoms with E-state index in [2.05, 4.69) is 5.32 Å². The first kappa shape index (κ1) is 6.20. The van der Waals surface area contributed by atoms with Gasteiger partial charge in [0, 0.05) is 6.04 Å². The third-order valence-electron chi connectivity index (χ3n) is 2.85. The fraction of sp³-hybridized carbons (Fsp3) is 0.875. The maximum Gasteiger partial charge on any atom is 0.207 e. The first-order chi connectivity index (χ1) is 4.90. The molecule has 0 aromatic rings. The highest BCUT2D eigenvalue weighted by molar-refractivity contribution is 5.46. The molecule has 0 heterocycles. The molecular weight excluding hydrogens is 126 g/mol. The van der Waals surface area contributed by atoms with Crippen LogP contribution in [0.1, 0.15) is 25.7 Å². The van der Waals surface area contributed by atoms with Crippen molar-refractivity contribution in [2.45, 2.75) is 31.7 Å². The molecule has 10 heavy (non-hydrogen) atoms. The van der Waals surface area contributed by atoms with Gasteiger partial charge in [-0.3, -0.25) is 4.79 Å². The smallest absolute Gasteiger partial charge is 0.207 e. The van der Waals surface area contributed by atoms with Crippen LogP contribution in [-0.2, 0) is 4.79 Å². The van der Waals surface area contributed by atoms with Gasteiger partial charge in [0.1, 0.15) is 0 Å². The van der Waals surface area contributed by atoms with E-state index in [4.69, 9.17) is 0 Å². The zero-order valence-corrected chi connectivity index (χ0v) is 6.05. The molecule has 0 spiro atoms. The van der Waals surface area contributed by atoms with Gasteiger partial charge < -0.3 is 5.32 Å². The van der Waals surface area contributed by atoms with Crippen LogP contribution in [0.3, 0.4) is 0 Å². The minimum absolute atomic E-state index is 0.501. The Hall–Kier alpha value is -0.530. The van der Waals surface area contributed by atoms with Crippen LogP contribution in [0.15, 0.2) is 0 Å². The third-order valence-corrected chi connectivity index (χ3v) is 2.85. The lowest BCUT2D eigenvalue weighted by molar-refractivity contribution is -0.110. The summed E-state index contributed by atoms with van der Waals surface area (Å²) in [4.78, 5) is 10.1. The number of nitrogens with one attached hydrogen (secondary N) is 1. The van der Waals surface area contributed by atoms with Gasteiger partial charge in [-0.15, -0.1) is 0 Å². The Morgan fingerprint density at radius 2 is 2.10 bits per heavy atom. The highest BCUT2D eigenvalue weighted by atomic mass is 16.1. The second-order valence-corrected chi connectivity index (χ2v) is 3.55. The molecule has 3 unspecified atom stereocenters. The van der Waals surface area contributed by atoms with Crippen molar-refractivity contribution in [1.29, 1.82) is 0 Å². The molecule has 2 rings (SSSR count). The summed E-state index contributed by atoms with van der Waals surface area (Å²) >= 11 is 0. The lowest BCUT2D eigenvalue weighted by Gasteiger charge is -2.19. The molecule has 0 bridgehead atoms. The Bertz CT molecular complexity index is 146. The third kappa shape index (κ3) is 1.02. The summed E-state index contributed by atoms with van der Waals surface area (Å²) in [5.74, 6) is 2.00. The maximum absolute atomic E-state index is 10.1. The van der Waals surface area contributed by atoms with Crippen LogP contribution in [0.5, 0.6) is 0 Å². The molecule has 2 heteroatoms. The molecule has 1 amide bonds. The van der Waals surface area contributed by atoms with E-state index in [0.29, 0.717) is 6.04 Å². The van der Waals surface area contributed by atoms with Crippen molar-refractivity contribution in [3.05, 3.63) is 0 Å². The standard InChI is InChI=1S/C8H13NO/c10-5-9-8-2-1-6-3-7(6)4-8/h5-8H,1-4H2,(H,9,10). The van der Waals surface area contributed by atoms with Crippen molar-refractivity contribution < 1.29 is 4.79 Å². The van der Waals surface area contributed by atoms with Gasteiger partial charge in [0.25, 0.3) is 0 Å². The van der Waals surface area contributed by atoms with E-state index < -0.39 is 0 Å². The highest BCUT2D eigenvalue weighted by Crippen LogP contribution is 2.49. The zero-order valence-electron chi connectivity index (χ0n) is 6.05. The van der Waals surface area contributed by atoms with Gasteiger partial charge in [-0.05, 0) is 37.5 Å². The Kier molecular flexibility index (Phi) is 1.40. The van der Waals surface area contributed by atoms with Crippen molar-refractivity contribution in [3.63, 3.8) is 0 Å². The second kappa shape index (κ2) is 2.26. The molecule has 3 atom stereocenters. The summed E-state index contributed by atoms with van der Waals surface area (Å²) in [5.41, 5.74) is 0. The van der Waals surface area contributed by atoms with Crippen LogP contribution >= 0.6 is 0 Å². The normalized spacial score (nSPS) is 43.8. The quantitative estimate of drug-likeness (QED) is 0.566. The fourth-order valence-corrected chi connectivity index (χ4v) is 2.10. The SMILES string of the molecule is O=CNC1CCC2CC2C1. The van der Waals surface area contributed by atoms with Crippen LogP contribution in [0.2, 0.25) is 0 Å². The fourth-order valence-electron chi connectivity index (χ4n) is 2.10. The molecule has 2 fully saturated rings. The molecular formula is C8H13NO. The van der Waals surface area contributed by atoms with Gasteiger partial charge in [0.05, 0.1) is 0 Å². The van der Waals surface area contributed by atoms with Gasteiger partial charge >= 0.3 is 0 Å². The highest BCUT2D eigenvalue weighted by Gasteiger charge is 2.41. The van der Waals surface area contributed by atoms with Gasteiger partial charge in [-0.1, -0.05) is 0 Å². The summed E-state index contributed by atoms with van der Waals surface area (Å²) in [7, 11) is 0. The predicted molar refractivity (Wildman–Crippen MR) is 38.4 cm³/mol. The second-order valence-electron chi connectivity index (χ2n) is 3.55. The van der Waals surface area contributed by atoms with E-state index in [1.165, 1.54) is 25.7 Å². The first-order valence-electron chi connectivity index (χ1n) is 4.10. The monoisotopic (exact) mass is 139 g/mol. The molecule has 0 aliphatic heterocycles. The minimum Gasteiger partial charge on any atom is -0.356 e. The van der Waals surface area contributed by atoms with Crippen molar-refractivity contribution in [2.24, 2.45) is 11.8 Å². The van der Waals surface area contributed by atoms with Gasteiger partial charge in [0.15, 0.2) is 0 Å². The van der Waals surface area contributed by atoms with E-state index in [-0.39, 0.29) is 0 Å². The van der Waals surface area contributed by atoms with Gasteiger partial charge in [-0.25, -0.2) is 0 Å². The molecule has 0 aromatic heterocycles. The van der Waals surface area contributed by atoms with Crippen molar-refractivity contribution in [3.8, 4) is 0 Å². The predicted octanol–water partition coefficient (Wildman–Crippen LogP) is 0.921. The minimum atomic E-state index is 0.501. The first-order valence-corrected chi connectivity index (χ1v) is 4.10. The van der Waals surface area contributed by atoms with Crippen molar-refractivity contribution in [1.82, 2.24) is 5.32 Å². The molecule has 2 saturated carbocycles. The van der Waals surface area contributed by atoms with Crippen LogP contribution in [0.4, 0.5) is 0 Å². The number of hydrogen-bond donors (Lipinski definition) is 1. The molecule has 0 saturated heterocycles. The largest absolute Gasteiger partial charge is 0.356 e. The molecule has 2 aliphatic carbocycles. The van der Waals surface area contributed by atoms with E-state index in [1.807, 2.05) is 0 Å². The lowest BCUT2D eigenvalue weighted by Crippen LogP contribution is -2.30. The van der Waals surface area contributed by atoms with Crippen molar-refractivity contribution >= 4 is 6.41 Å². The van der Waals surface area contributed by atoms with Gasteiger partial charge in [-0.2, -0.15) is 0 Å². The summed E-state index contributed by atoms with van der Waals surface area (Å²) in [5, 5.41) is 2.86. The average Bonchev–Trinajstić information content (AvgIpc) is 2.66. The number of rotatable bonds is 2. The van der Waals surface area contributed by atoms with Crippen LogP contribution < -0.4 is 5.32 Å². The Balaban J connectivity index is 1.82. The van der Waals surface area contributed by atoms with Crippen molar-refractivity contribution in [2.75, 3.05) is 0 Å². The summed E-state index contributed by atoms with van der Waals surface area (Å²) in [6, 6.07) is 0.501. The maximum atomic E-state index is 10.1. The van der Waals surface area contributed by atoms with E-state index in [0.717, 1.165) is 18.2 Å². The molecule has 0 radical (unpaired) electrons. The molecule has 2 aliphatic rings. The number of carbonyl (C=O) groups is 1. The Morgan fingerprint density at radius 3 is 2.80 bits per heavy atom. The number of hydrogen-bond acceptors (Lipinski definition) is 1. The summed E-state index contributed by atoms with van der Waals surface area (Å²) in [6.07, 6.45) is 6.06. The number of fused-ring (bicyclic) bond motifs is 1. The van der Waals surface area contributed by atoms with Gasteiger partial charge in [0.2, 0.25) is 6.41 Å². The average molecular weight is 139 g/mol. The molecule has 56 valence electrons. The number of amides is 1. The lowest BCUT2D eigenvalue weighted by atomic mass is 9.96. The Labute approximate surface area is 61.0 Å². The van der Waals surface area contributed by atoms with Crippen LogP contribution in [-0.4, -0.2) is 12.5 Å². The van der Waals surface area contributed by atoms with E-state index in [1.54, 1.807) is 0 Å². The van der Waals surface area contributed by atoms with Crippen LogP contribution in [0.25, 0.3) is 0 Å². The van der Waals surface area contributed by atoms with E-state index >= 15 is 0 Å². The van der Waals surface area contributed by atoms with E-state index in [9.17, 15) is 4.79 Å². The molecule has 0 aromatic carbocycles. The molecule has 2 nitrogen and oxygen atoms in total.